The maximum Gasteiger partial charge on any atom is 0.306 e. The molecule has 3 atom stereocenters. The lowest BCUT2D eigenvalue weighted by molar-refractivity contribution is -0.140. The lowest BCUT2D eigenvalue weighted by Crippen LogP contribution is -2.25. The fourth-order valence-electron chi connectivity index (χ4n) is 1.26. The van der Waals surface area contributed by atoms with Gasteiger partial charge in [0.25, 0.3) is 0 Å². The third-order valence-corrected chi connectivity index (χ3v) is 3.54. The lowest BCUT2D eigenvalue weighted by Gasteiger charge is -2.17. The van der Waals surface area contributed by atoms with Crippen LogP contribution in [0.3, 0.4) is 0 Å². The Kier molecular flexibility index (Phi) is 10.4. The third-order valence-electron chi connectivity index (χ3n) is 2.23. The zero-order valence-corrected chi connectivity index (χ0v) is 12.4. The summed E-state index contributed by atoms with van der Waals surface area (Å²) in [6, 6.07) is 0. The van der Waals surface area contributed by atoms with Crippen LogP contribution >= 0.6 is 11.8 Å². The number of carbonyl (C=O) groups is 1. The molecule has 0 amide bonds. The van der Waals surface area contributed by atoms with Crippen molar-refractivity contribution in [3.8, 4) is 0 Å². The maximum atomic E-state index is 11.0. The normalized spacial score (nSPS) is 16.1. The van der Waals surface area contributed by atoms with E-state index in [1.54, 1.807) is 7.11 Å². The Labute approximate surface area is 113 Å². The number of hydrogen-bond acceptors (Lipinski definition) is 6. The zero-order chi connectivity index (χ0) is 14.0. The van der Waals surface area contributed by atoms with E-state index in [4.69, 9.17) is 9.47 Å². The van der Waals surface area contributed by atoms with Gasteiger partial charge in [0.2, 0.25) is 0 Å². The average Bonchev–Trinajstić information content (AvgIpc) is 2.34. The van der Waals surface area contributed by atoms with Crippen molar-refractivity contribution in [2.75, 3.05) is 33.2 Å². The van der Waals surface area contributed by atoms with Crippen molar-refractivity contribution in [2.45, 2.75) is 37.7 Å². The zero-order valence-electron chi connectivity index (χ0n) is 11.5. The van der Waals surface area contributed by atoms with E-state index in [0.29, 0.717) is 18.8 Å². The van der Waals surface area contributed by atoms with E-state index in [9.17, 15) is 9.90 Å². The van der Waals surface area contributed by atoms with Gasteiger partial charge < -0.3 is 19.3 Å². The molecule has 18 heavy (non-hydrogen) atoms. The molecule has 0 aliphatic heterocycles. The highest BCUT2D eigenvalue weighted by Crippen LogP contribution is 2.16. The first kappa shape index (κ1) is 17.7. The first-order valence-electron chi connectivity index (χ1n) is 5.96. The van der Waals surface area contributed by atoms with Crippen LogP contribution in [0.4, 0.5) is 0 Å². The molecule has 0 spiro atoms. The summed E-state index contributed by atoms with van der Waals surface area (Å²) in [6.45, 7) is 4.62. The minimum Gasteiger partial charge on any atom is -0.469 e. The first-order chi connectivity index (χ1) is 8.49. The topological polar surface area (TPSA) is 65.0 Å². The summed E-state index contributed by atoms with van der Waals surface area (Å²) in [5.74, 6) is 0.312. The Hall–Kier alpha value is -0.300. The molecule has 0 aromatic heterocycles. The number of thioether (sulfide) groups is 1. The van der Waals surface area contributed by atoms with E-state index in [0.717, 1.165) is 0 Å². The molecule has 0 rings (SSSR count). The molecule has 108 valence electrons. The van der Waals surface area contributed by atoms with E-state index in [2.05, 4.69) is 4.74 Å². The molecule has 1 N–H and O–H groups in total. The summed E-state index contributed by atoms with van der Waals surface area (Å²) in [4.78, 5) is 11.0. The molecule has 0 radical (unpaired) electrons. The van der Waals surface area contributed by atoms with E-state index < -0.39 is 6.10 Å². The summed E-state index contributed by atoms with van der Waals surface area (Å²) >= 11 is 1.53. The van der Waals surface area contributed by atoms with Gasteiger partial charge >= 0.3 is 5.97 Å². The molecule has 0 bridgehead atoms. The number of aliphatic hydroxyl groups is 1. The van der Waals surface area contributed by atoms with Crippen LogP contribution in [-0.2, 0) is 19.0 Å². The van der Waals surface area contributed by atoms with Crippen LogP contribution in [0.5, 0.6) is 0 Å². The van der Waals surface area contributed by atoms with Gasteiger partial charge in [-0.25, -0.2) is 0 Å². The van der Waals surface area contributed by atoms with Crippen molar-refractivity contribution >= 4 is 17.7 Å². The smallest absolute Gasteiger partial charge is 0.306 e. The van der Waals surface area contributed by atoms with Crippen molar-refractivity contribution in [1.29, 1.82) is 0 Å². The fraction of sp³-hybridized carbons (Fsp3) is 0.917. The fourth-order valence-corrected chi connectivity index (χ4v) is 2.16. The van der Waals surface area contributed by atoms with Gasteiger partial charge in [-0.2, -0.15) is 11.8 Å². The molecule has 0 saturated heterocycles. The molecule has 0 fully saturated rings. The van der Waals surface area contributed by atoms with Crippen LogP contribution in [0.15, 0.2) is 0 Å². The lowest BCUT2D eigenvalue weighted by atomic mass is 10.3. The largest absolute Gasteiger partial charge is 0.469 e. The Morgan fingerprint density at radius 3 is 2.50 bits per heavy atom. The molecule has 0 aromatic rings. The van der Waals surface area contributed by atoms with Gasteiger partial charge in [-0.3, -0.25) is 4.79 Å². The van der Waals surface area contributed by atoms with E-state index in [1.807, 2.05) is 13.8 Å². The Morgan fingerprint density at radius 2 is 1.94 bits per heavy atom. The SMILES string of the molecule is COCC(C)OCC(O)CSC(C)CC(=O)OC. The van der Waals surface area contributed by atoms with Crippen LogP contribution in [0.25, 0.3) is 0 Å². The second-order valence-corrected chi connectivity index (χ2v) is 5.65. The number of rotatable bonds is 10. The predicted molar refractivity (Wildman–Crippen MR) is 71.8 cm³/mol. The highest BCUT2D eigenvalue weighted by molar-refractivity contribution is 7.99. The molecule has 6 heteroatoms. The molecule has 0 aliphatic carbocycles. The summed E-state index contributed by atoms with van der Waals surface area (Å²) in [5.41, 5.74) is 0. The van der Waals surface area contributed by atoms with Gasteiger partial charge in [0, 0.05) is 18.1 Å². The highest BCUT2D eigenvalue weighted by atomic mass is 32.2. The minimum absolute atomic E-state index is 0.0258. The van der Waals surface area contributed by atoms with Gasteiger partial charge in [-0.1, -0.05) is 6.92 Å². The van der Waals surface area contributed by atoms with E-state index in [-0.39, 0.29) is 23.9 Å². The van der Waals surface area contributed by atoms with Gasteiger partial charge in [-0.05, 0) is 6.92 Å². The average molecular weight is 280 g/mol. The van der Waals surface area contributed by atoms with Gasteiger partial charge in [0.1, 0.15) is 0 Å². The van der Waals surface area contributed by atoms with Gasteiger partial charge in [-0.15, -0.1) is 0 Å². The number of esters is 1. The highest BCUT2D eigenvalue weighted by Gasteiger charge is 2.13. The van der Waals surface area contributed by atoms with Crippen molar-refractivity contribution in [1.82, 2.24) is 0 Å². The van der Waals surface area contributed by atoms with E-state index in [1.165, 1.54) is 18.9 Å². The number of ether oxygens (including phenoxy) is 3. The number of hydrogen-bond donors (Lipinski definition) is 1. The minimum atomic E-state index is -0.533. The summed E-state index contributed by atoms with van der Waals surface area (Å²) < 4.78 is 14.9. The van der Waals surface area contributed by atoms with Crippen LogP contribution < -0.4 is 0 Å². The second-order valence-electron chi connectivity index (χ2n) is 4.18. The summed E-state index contributed by atoms with van der Waals surface area (Å²) in [7, 11) is 2.99. The van der Waals surface area contributed by atoms with Crippen molar-refractivity contribution in [3.63, 3.8) is 0 Å². The van der Waals surface area contributed by atoms with Gasteiger partial charge in [0.05, 0.1) is 39.0 Å². The molecule has 0 heterocycles. The molecule has 0 saturated carbocycles. The van der Waals surface area contributed by atoms with Gasteiger partial charge in [0.15, 0.2) is 0 Å². The summed E-state index contributed by atoms with van der Waals surface area (Å²) in [5, 5.41) is 9.83. The Bertz CT molecular complexity index is 225. The molecule has 0 aromatic carbocycles. The van der Waals surface area contributed by atoms with Crippen LogP contribution in [0.2, 0.25) is 0 Å². The van der Waals surface area contributed by atoms with Crippen molar-refractivity contribution < 1.29 is 24.1 Å². The van der Waals surface area contributed by atoms with Crippen molar-refractivity contribution in [2.24, 2.45) is 0 Å². The monoisotopic (exact) mass is 280 g/mol. The maximum absolute atomic E-state index is 11.0. The third kappa shape index (κ3) is 9.70. The standard InChI is InChI=1S/C12H24O5S/c1-9(6-15-3)17-7-11(13)8-18-10(2)5-12(14)16-4/h9-11,13H,5-8H2,1-4H3. The summed E-state index contributed by atoms with van der Waals surface area (Å²) in [6.07, 6.45) is -0.203. The molecule has 3 unspecified atom stereocenters. The molecular weight excluding hydrogens is 256 g/mol. The number of carbonyl (C=O) groups excluding carboxylic acids is 1. The Morgan fingerprint density at radius 1 is 1.28 bits per heavy atom. The predicted octanol–water partition coefficient (Wildman–Crippen LogP) is 1.08. The first-order valence-corrected chi connectivity index (χ1v) is 7.01. The number of aliphatic hydroxyl groups excluding tert-OH is 1. The second kappa shape index (κ2) is 10.6. The van der Waals surface area contributed by atoms with Crippen LogP contribution in [0.1, 0.15) is 20.3 Å². The van der Waals surface area contributed by atoms with E-state index >= 15 is 0 Å². The quantitative estimate of drug-likeness (QED) is 0.604. The molecule has 0 aliphatic rings. The molecular formula is C12H24O5S. The number of methoxy groups -OCH3 is 2. The van der Waals surface area contributed by atoms with Crippen molar-refractivity contribution in [3.05, 3.63) is 0 Å². The Balaban J connectivity index is 3.63. The molecule has 5 nitrogen and oxygen atoms in total. The van der Waals surface area contributed by atoms with Crippen LogP contribution in [0, 0.1) is 0 Å². The van der Waals surface area contributed by atoms with Crippen LogP contribution in [-0.4, -0.2) is 61.7 Å².